The highest BCUT2D eigenvalue weighted by molar-refractivity contribution is 7.71. The maximum Gasteiger partial charge on any atom is 0.221 e. The van der Waals surface area contributed by atoms with Gasteiger partial charge in [-0.15, -0.1) is 0 Å². The number of imidazole rings is 1. The van der Waals surface area contributed by atoms with Gasteiger partial charge in [-0.2, -0.15) is 0 Å². The fourth-order valence-electron chi connectivity index (χ4n) is 1.98. The molecule has 1 heterocycles. The van der Waals surface area contributed by atoms with Crippen molar-refractivity contribution in [3.05, 3.63) is 27.7 Å². The number of nitrogens with zero attached hydrogens (tertiary/aromatic N) is 1. The zero-order chi connectivity index (χ0) is 14.9. The zero-order valence-corrected chi connectivity index (χ0v) is 12.7. The predicted octanol–water partition coefficient (Wildman–Crippen LogP) is 3.41. The highest BCUT2D eigenvalue weighted by atomic mass is 35.5. The summed E-state index contributed by atoms with van der Waals surface area (Å²) in [5.41, 5.74) is 1.26. The molecule has 2 rings (SSSR count). The van der Waals surface area contributed by atoms with Crippen LogP contribution in [0.25, 0.3) is 11.0 Å². The number of halogens is 2. The van der Waals surface area contributed by atoms with Crippen LogP contribution in [-0.2, 0) is 11.3 Å². The average Bonchev–Trinajstić information content (AvgIpc) is 2.62. The Morgan fingerprint density at radius 3 is 2.90 bits per heavy atom. The summed E-state index contributed by atoms with van der Waals surface area (Å²) in [5, 5.41) is 2.84. The highest BCUT2D eigenvalue weighted by Crippen LogP contribution is 2.23. The second-order valence-corrected chi connectivity index (χ2v) is 5.63. The number of nitrogens with one attached hydrogen (secondary N) is 2. The number of hydrogen-bond acceptors (Lipinski definition) is 2. The van der Waals surface area contributed by atoms with Gasteiger partial charge in [-0.3, -0.25) is 4.79 Å². The molecule has 2 N–H and O–H groups in total. The third kappa shape index (κ3) is 3.19. The largest absolute Gasteiger partial charge is 0.354 e. The van der Waals surface area contributed by atoms with Crippen molar-refractivity contribution in [2.75, 3.05) is 0 Å². The van der Waals surface area contributed by atoms with Crippen molar-refractivity contribution < 1.29 is 9.18 Å². The molecule has 0 radical (unpaired) electrons. The van der Waals surface area contributed by atoms with Crippen molar-refractivity contribution in [2.24, 2.45) is 0 Å². The number of benzene rings is 1. The first-order valence-electron chi connectivity index (χ1n) is 6.25. The van der Waals surface area contributed by atoms with Crippen LogP contribution in [0.5, 0.6) is 0 Å². The normalized spacial score (nSPS) is 11.2. The number of carbonyl (C=O) groups is 1. The molecule has 0 saturated carbocycles. The first-order chi connectivity index (χ1) is 9.38. The van der Waals surface area contributed by atoms with Crippen molar-refractivity contribution in [1.82, 2.24) is 14.9 Å². The number of rotatable bonds is 4. The molecular formula is C13H15ClFN3OS. The van der Waals surface area contributed by atoms with Crippen LogP contribution in [0.4, 0.5) is 4.39 Å². The molecule has 0 spiro atoms. The number of aromatic amines is 1. The van der Waals surface area contributed by atoms with E-state index in [0.717, 1.165) is 0 Å². The van der Waals surface area contributed by atoms with Crippen LogP contribution in [0.15, 0.2) is 12.1 Å². The lowest BCUT2D eigenvalue weighted by atomic mass is 10.3. The summed E-state index contributed by atoms with van der Waals surface area (Å²) in [5.74, 6) is -0.551. The summed E-state index contributed by atoms with van der Waals surface area (Å²) in [7, 11) is 0. The Bertz CT molecular complexity index is 707. The number of amides is 1. The quantitative estimate of drug-likeness (QED) is 0.850. The van der Waals surface area contributed by atoms with E-state index in [1.807, 2.05) is 13.8 Å². The molecule has 108 valence electrons. The van der Waals surface area contributed by atoms with Gasteiger partial charge in [0.15, 0.2) is 4.77 Å². The summed E-state index contributed by atoms with van der Waals surface area (Å²) >= 11 is 11.0. The van der Waals surface area contributed by atoms with Gasteiger partial charge in [0.1, 0.15) is 5.82 Å². The van der Waals surface area contributed by atoms with E-state index in [1.54, 1.807) is 4.57 Å². The van der Waals surface area contributed by atoms with E-state index >= 15 is 0 Å². The molecule has 0 bridgehead atoms. The molecule has 0 fully saturated rings. The molecule has 0 unspecified atom stereocenters. The number of carbonyl (C=O) groups excluding carboxylic acids is 1. The molecule has 1 aromatic heterocycles. The van der Waals surface area contributed by atoms with Crippen molar-refractivity contribution in [2.45, 2.75) is 32.9 Å². The Morgan fingerprint density at radius 2 is 2.25 bits per heavy atom. The molecule has 0 atom stereocenters. The van der Waals surface area contributed by atoms with Crippen LogP contribution >= 0.6 is 23.8 Å². The maximum absolute atomic E-state index is 13.4. The van der Waals surface area contributed by atoms with Gasteiger partial charge in [0.05, 0.1) is 16.1 Å². The van der Waals surface area contributed by atoms with E-state index in [9.17, 15) is 9.18 Å². The molecule has 0 aliphatic carbocycles. The van der Waals surface area contributed by atoms with Gasteiger partial charge in [-0.25, -0.2) is 4.39 Å². The average molecular weight is 316 g/mol. The van der Waals surface area contributed by atoms with Crippen LogP contribution in [-0.4, -0.2) is 21.5 Å². The molecule has 20 heavy (non-hydrogen) atoms. The van der Waals surface area contributed by atoms with Gasteiger partial charge in [0, 0.05) is 25.1 Å². The summed E-state index contributed by atoms with van der Waals surface area (Å²) in [6, 6.07) is 2.92. The molecule has 1 aromatic carbocycles. The monoisotopic (exact) mass is 315 g/mol. The molecule has 0 aliphatic heterocycles. The minimum absolute atomic E-state index is 0.0341. The number of fused-ring (bicyclic) bond motifs is 1. The smallest absolute Gasteiger partial charge is 0.221 e. The van der Waals surface area contributed by atoms with E-state index in [0.29, 0.717) is 28.8 Å². The topological polar surface area (TPSA) is 49.8 Å². The summed E-state index contributed by atoms with van der Waals surface area (Å²) in [6.45, 7) is 4.22. The molecule has 4 nitrogen and oxygen atoms in total. The number of aryl methyl sites for hydroxylation is 1. The molecular weight excluding hydrogens is 301 g/mol. The number of aromatic nitrogens is 2. The van der Waals surface area contributed by atoms with Crippen LogP contribution in [0.3, 0.4) is 0 Å². The fourth-order valence-corrected chi connectivity index (χ4v) is 2.44. The molecule has 0 aliphatic rings. The van der Waals surface area contributed by atoms with Gasteiger partial charge in [-0.05, 0) is 32.1 Å². The fraction of sp³-hybridized carbons (Fsp3) is 0.385. The SMILES string of the molecule is CC(C)NC(=O)CCn1c(=S)[nH]c2cc(F)c(Cl)cc21. The zero-order valence-electron chi connectivity index (χ0n) is 11.2. The molecule has 1 amide bonds. The van der Waals surface area contributed by atoms with Crippen molar-refractivity contribution in [1.29, 1.82) is 0 Å². The minimum atomic E-state index is -0.500. The Balaban J connectivity index is 2.26. The molecule has 2 aromatic rings. The van der Waals surface area contributed by atoms with Crippen molar-refractivity contribution in [3.8, 4) is 0 Å². The maximum atomic E-state index is 13.4. The second-order valence-electron chi connectivity index (χ2n) is 4.84. The predicted molar refractivity (Wildman–Crippen MR) is 80.0 cm³/mol. The lowest BCUT2D eigenvalue weighted by molar-refractivity contribution is -0.121. The molecule has 0 saturated heterocycles. The Labute approximate surface area is 125 Å². The first-order valence-corrected chi connectivity index (χ1v) is 7.04. The molecule has 7 heteroatoms. The van der Waals surface area contributed by atoms with Crippen molar-refractivity contribution >= 4 is 40.8 Å². The Kier molecular flexibility index (Phi) is 4.45. The highest BCUT2D eigenvalue weighted by Gasteiger charge is 2.10. The van der Waals surface area contributed by atoms with Crippen LogP contribution in [0.2, 0.25) is 5.02 Å². The first kappa shape index (κ1) is 15.0. The summed E-state index contributed by atoms with van der Waals surface area (Å²) in [4.78, 5) is 14.6. The lowest BCUT2D eigenvalue weighted by Gasteiger charge is -2.09. The Hall–Kier alpha value is -1.40. The second kappa shape index (κ2) is 5.93. The number of H-pyrrole nitrogens is 1. The summed E-state index contributed by atoms with van der Waals surface area (Å²) < 4.78 is 15.6. The minimum Gasteiger partial charge on any atom is -0.354 e. The van der Waals surface area contributed by atoms with Crippen LogP contribution in [0, 0.1) is 10.6 Å². The van der Waals surface area contributed by atoms with Crippen LogP contribution < -0.4 is 5.32 Å². The van der Waals surface area contributed by atoms with Gasteiger partial charge >= 0.3 is 0 Å². The Morgan fingerprint density at radius 1 is 1.55 bits per heavy atom. The van der Waals surface area contributed by atoms with Gasteiger partial charge in [-0.1, -0.05) is 11.6 Å². The third-order valence-electron chi connectivity index (χ3n) is 2.83. The standard InChI is InChI=1S/C13H15ClFN3OS/c1-7(2)16-12(19)3-4-18-11-5-8(14)9(15)6-10(11)17-13(18)20/h5-7H,3-4H2,1-2H3,(H,16,19)(H,17,20). The van der Waals surface area contributed by atoms with Crippen LogP contribution in [0.1, 0.15) is 20.3 Å². The van der Waals surface area contributed by atoms with Gasteiger partial charge < -0.3 is 14.9 Å². The van der Waals surface area contributed by atoms with E-state index in [-0.39, 0.29) is 17.0 Å². The van der Waals surface area contributed by atoms with E-state index in [4.69, 9.17) is 23.8 Å². The van der Waals surface area contributed by atoms with Gasteiger partial charge in [0.25, 0.3) is 0 Å². The number of hydrogen-bond donors (Lipinski definition) is 2. The van der Waals surface area contributed by atoms with E-state index in [2.05, 4.69) is 10.3 Å². The lowest BCUT2D eigenvalue weighted by Crippen LogP contribution is -2.30. The van der Waals surface area contributed by atoms with Crippen molar-refractivity contribution in [3.63, 3.8) is 0 Å². The van der Waals surface area contributed by atoms with Gasteiger partial charge in [0.2, 0.25) is 5.91 Å². The summed E-state index contributed by atoms with van der Waals surface area (Å²) in [6.07, 6.45) is 0.300. The van der Waals surface area contributed by atoms with E-state index < -0.39 is 5.82 Å². The third-order valence-corrected chi connectivity index (χ3v) is 3.44. The van der Waals surface area contributed by atoms with E-state index in [1.165, 1.54) is 12.1 Å².